The van der Waals surface area contributed by atoms with Gasteiger partial charge in [-0.1, -0.05) is 0 Å². The molecule has 3 rings (SSSR count). The van der Waals surface area contributed by atoms with E-state index in [9.17, 15) is 13.2 Å². The summed E-state index contributed by atoms with van der Waals surface area (Å²) in [7, 11) is -0.766. The third-order valence-electron chi connectivity index (χ3n) is 3.93. The Kier molecular flexibility index (Phi) is 5.05. The van der Waals surface area contributed by atoms with E-state index in [2.05, 4.69) is 20.0 Å². The standard InChI is InChI=1S/C16H18N4O5S/c1-24-12-3-5-13(6-4-12)26(22,23)20-9-11(10-20)18-16-17-8-7-14(19-16)15(21)25-2/h3-8,11H,9-10H2,1-2H3,(H,17,18,19). The van der Waals surface area contributed by atoms with Gasteiger partial charge in [0, 0.05) is 19.3 Å². The van der Waals surface area contributed by atoms with Crippen LogP contribution in [0.1, 0.15) is 10.5 Å². The van der Waals surface area contributed by atoms with Crippen LogP contribution in [0.4, 0.5) is 5.95 Å². The number of esters is 1. The quantitative estimate of drug-likeness (QED) is 0.734. The van der Waals surface area contributed by atoms with Crippen molar-refractivity contribution in [2.45, 2.75) is 10.9 Å². The number of ether oxygens (including phenoxy) is 2. The molecule has 1 aliphatic heterocycles. The minimum Gasteiger partial charge on any atom is -0.497 e. The predicted octanol–water partition coefficient (Wildman–Crippen LogP) is 0.757. The molecule has 0 saturated carbocycles. The summed E-state index contributed by atoms with van der Waals surface area (Å²) in [5.74, 6) is 0.280. The number of sulfonamides is 1. The number of carbonyl (C=O) groups is 1. The first kappa shape index (κ1) is 18.1. The Morgan fingerprint density at radius 2 is 1.88 bits per heavy atom. The van der Waals surface area contributed by atoms with Crippen LogP contribution in [0, 0.1) is 0 Å². The van der Waals surface area contributed by atoms with Gasteiger partial charge in [-0.25, -0.2) is 23.2 Å². The third-order valence-corrected chi connectivity index (χ3v) is 5.77. The molecule has 26 heavy (non-hydrogen) atoms. The van der Waals surface area contributed by atoms with E-state index in [0.29, 0.717) is 5.75 Å². The molecule has 0 bridgehead atoms. The normalized spacial score (nSPS) is 15.2. The number of anilines is 1. The highest BCUT2D eigenvalue weighted by atomic mass is 32.2. The van der Waals surface area contributed by atoms with Crippen molar-refractivity contribution >= 4 is 21.9 Å². The molecule has 0 spiro atoms. The van der Waals surface area contributed by atoms with Crippen LogP contribution >= 0.6 is 0 Å². The lowest BCUT2D eigenvalue weighted by Gasteiger charge is -2.38. The second-order valence-electron chi connectivity index (χ2n) is 5.60. The van der Waals surface area contributed by atoms with E-state index in [1.165, 1.54) is 42.9 Å². The molecule has 1 fully saturated rings. The summed E-state index contributed by atoms with van der Waals surface area (Å²) >= 11 is 0. The lowest BCUT2D eigenvalue weighted by Crippen LogP contribution is -2.56. The number of rotatable bonds is 6. The Bertz CT molecular complexity index is 895. The molecule has 1 aliphatic rings. The summed E-state index contributed by atoms with van der Waals surface area (Å²) in [6.45, 7) is 0.556. The van der Waals surface area contributed by atoms with Crippen LogP contribution in [0.3, 0.4) is 0 Å². The van der Waals surface area contributed by atoms with Crippen LogP contribution in [-0.4, -0.2) is 62.0 Å². The Morgan fingerprint density at radius 3 is 2.50 bits per heavy atom. The van der Waals surface area contributed by atoms with E-state index < -0.39 is 16.0 Å². The largest absolute Gasteiger partial charge is 0.497 e. The molecule has 1 aromatic heterocycles. The van der Waals surface area contributed by atoms with Crippen molar-refractivity contribution in [3.8, 4) is 5.75 Å². The van der Waals surface area contributed by atoms with Gasteiger partial charge in [-0.05, 0) is 30.3 Å². The predicted molar refractivity (Wildman–Crippen MR) is 92.5 cm³/mol. The molecular weight excluding hydrogens is 360 g/mol. The van der Waals surface area contributed by atoms with Gasteiger partial charge in [-0.15, -0.1) is 0 Å². The zero-order chi connectivity index (χ0) is 18.7. The lowest BCUT2D eigenvalue weighted by molar-refractivity contribution is 0.0594. The Morgan fingerprint density at radius 1 is 1.19 bits per heavy atom. The molecule has 0 amide bonds. The number of carbonyl (C=O) groups excluding carboxylic acids is 1. The Balaban J connectivity index is 1.62. The molecule has 0 aliphatic carbocycles. The minimum absolute atomic E-state index is 0.132. The topological polar surface area (TPSA) is 111 Å². The summed E-state index contributed by atoms with van der Waals surface area (Å²) in [5.41, 5.74) is 0.132. The molecule has 1 aromatic carbocycles. The molecular formula is C16H18N4O5S. The highest BCUT2D eigenvalue weighted by molar-refractivity contribution is 7.89. The van der Waals surface area contributed by atoms with Gasteiger partial charge in [-0.3, -0.25) is 0 Å². The van der Waals surface area contributed by atoms with Gasteiger partial charge in [0.05, 0.1) is 25.2 Å². The third kappa shape index (κ3) is 3.60. The van der Waals surface area contributed by atoms with Gasteiger partial charge in [0.15, 0.2) is 5.69 Å². The smallest absolute Gasteiger partial charge is 0.356 e. The van der Waals surface area contributed by atoms with Crippen molar-refractivity contribution in [3.05, 3.63) is 42.2 Å². The first-order chi connectivity index (χ1) is 12.4. The number of nitrogens with one attached hydrogen (secondary N) is 1. The Hall–Kier alpha value is -2.72. The van der Waals surface area contributed by atoms with Crippen molar-refractivity contribution in [2.75, 3.05) is 32.6 Å². The summed E-state index contributed by atoms with van der Waals surface area (Å²) in [4.78, 5) is 19.8. The molecule has 2 heterocycles. The van der Waals surface area contributed by atoms with Crippen molar-refractivity contribution in [3.63, 3.8) is 0 Å². The van der Waals surface area contributed by atoms with E-state index in [1.54, 1.807) is 12.1 Å². The fraction of sp³-hybridized carbons (Fsp3) is 0.312. The first-order valence-corrected chi connectivity index (χ1v) is 9.20. The summed E-state index contributed by atoms with van der Waals surface area (Å²) < 4.78 is 36.1. The fourth-order valence-electron chi connectivity index (χ4n) is 2.45. The first-order valence-electron chi connectivity index (χ1n) is 7.76. The number of nitrogens with zero attached hydrogens (tertiary/aromatic N) is 3. The molecule has 138 valence electrons. The minimum atomic E-state index is -3.56. The lowest BCUT2D eigenvalue weighted by atomic mass is 10.2. The summed E-state index contributed by atoms with van der Waals surface area (Å²) in [6.07, 6.45) is 1.44. The maximum Gasteiger partial charge on any atom is 0.356 e. The second kappa shape index (κ2) is 7.26. The maximum absolute atomic E-state index is 12.6. The van der Waals surface area contributed by atoms with Crippen LogP contribution in [-0.2, 0) is 14.8 Å². The molecule has 9 nitrogen and oxygen atoms in total. The monoisotopic (exact) mass is 378 g/mol. The number of benzene rings is 1. The van der Waals surface area contributed by atoms with Gasteiger partial charge in [-0.2, -0.15) is 4.31 Å². The van der Waals surface area contributed by atoms with E-state index >= 15 is 0 Å². The molecule has 10 heteroatoms. The molecule has 0 unspecified atom stereocenters. The number of methoxy groups -OCH3 is 2. The van der Waals surface area contributed by atoms with Crippen LogP contribution in [0.5, 0.6) is 5.75 Å². The summed E-state index contributed by atoms with van der Waals surface area (Å²) in [5, 5.41) is 3.01. The zero-order valence-electron chi connectivity index (χ0n) is 14.2. The Labute approximate surface area is 151 Å². The second-order valence-corrected chi connectivity index (χ2v) is 7.53. The van der Waals surface area contributed by atoms with Crippen LogP contribution in [0.15, 0.2) is 41.4 Å². The van der Waals surface area contributed by atoms with E-state index in [0.717, 1.165) is 0 Å². The van der Waals surface area contributed by atoms with Gasteiger partial charge in [0.1, 0.15) is 5.75 Å². The van der Waals surface area contributed by atoms with Gasteiger partial charge in [0.2, 0.25) is 16.0 Å². The molecule has 0 radical (unpaired) electrons. The highest BCUT2D eigenvalue weighted by Gasteiger charge is 2.37. The average molecular weight is 378 g/mol. The zero-order valence-corrected chi connectivity index (χ0v) is 15.1. The number of aromatic nitrogens is 2. The SMILES string of the molecule is COC(=O)c1ccnc(NC2CN(S(=O)(=O)c3ccc(OC)cc3)C2)n1. The molecule has 1 N–H and O–H groups in total. The molecule has 0 atom stereocenters. The highest BCUT2D eigenvalue weighted by Crippen LogP contribution is 2.24. The van der Waals surface area contributed by atoms with Gasteiger partial charge >= 0.3 is 5.97 Å². The van der Waals surface area contributed by atoms with Gasteiger partial charge in [0.25, 0.3) is 0 Å². The van der Waals surface area contributed by atoms with Crippen LogP contribution in [0.2, 0.25) is 0 Å². The van der Waals surface area contributed by atoms with E-state index in [-0.39, 0.29) is 35.7 Å². The van der Waals surface area contributed by atoms with Crippen LogP contribution in [0.25, 0.3) is 0 Å². The van der Waals surface area contributed by atoms with Crippen molar-refractivity contribution in [1.82, 2.24) is 14.3 Å². The van der Waals surface area contributed by atoms with E-state index in [4.69, 9.17) is 4.74 Å². The number of hydrogen-bond acceptors (Lipinski definition) is 8. The fourth-order valence-corrected chi connectivity index (χ4v) is 3.98. The maximum atomic E-state index is 12.6. The average Bonchev–Trinajstić information content (AvgIpc) is 2.63. The van der Waals surface area contributed by atoms with Crippen molar-refractivity contribution in [2.24, 2.45) is 0 Å². The summed E-state index contributed by atoms with van der Waals surface area (Å²) in [6, 6.07) is 7.53. The molecule has 1 saturated heterocycles. The number of hydrogen-bond donors (Lipinski definition) is 1. The van der Waals surface area contributed by atoms with Crippen LogP contribution < -0.4 is 10.1 Å². The van der Waals surface area contributed by atoms with Crippen molar-refractivity contribution < 1.29 is 22.7 Å². The van der Waals surface area contributed by atoms with Gasteiger partial charge < -0.3 is 14.8 Å². The van der Waals surface area contributed by atoms with E-state index in [1.807, 2.05) is 0 Å². The van der Waals surface area contributed by atoms with Crippen molar-refractivity contribution in [1.29, 1.82) is 0 Å². The molecule has 2 aromatic rings.